The van der Waals surface area contributed by atoms with Gasteiger partial charge in [0.15, 0.2) is 0 Å². The van der Waals surface area contributed by atoms with Gasteiger partial charge in [0.1, 0.15) is 11.5 Å². The zero-order valence-electron chi connectivity index (χ0n) is 9.77. The lowest BCUT2D eigenvalue weighted by atomic mass is 10.2. The molecule has 0 fully saturated rings. The number of nitrogen functional groups attached to an aromatic ring is 1. The molecule has 0 radical (unpaired) electrons. The normalized spacial score (nSPS) is 10.1. The van der Waals surface area contributed by atoms with E-state index >= 15 is 0 Å². The van der Waals surface area contributed by atoms with Crippen LogP contribution in [-0.4, -0.2) is 10.9 Å². The number of aromatic nitrogens is 1. The van der Waals surface area contributed by atoms with Crippen molar-refractivity contribution in [3.8, 4) is 0 Å². The molecule has 4 nitrogen and oxygen atoms in total. The molecule has 0 spiro atoms. The van der Waals surface area contributed by atoms with E-state index in [2.05, 4.69) is 10.3 Å². The highest BCUT2D eigenvalue weighted by atomic mass is 19.1. The number of hydrogen-bond donors (Lipinski definition) is 2. The summed E-state index contributed by atoms with van der Waals surface area (Å²) in [7, 11) is 0. The first-order valence-corrected chi connectivity index (χ1v) is 5.36. The zero-order chi connectivity index (χ0) is 13.1. The molecule has 2 rings (SSSR count). The third kappa shape index (κ3) is 2.45. The number of amides is 1. The average molecular weight is 245 g/mol. The highest BCUT2D eigenvalue weighted by Crippen LogP contribution is 2.19. The lowest BCUT2D eigenvalue weighted by Crippen LogP contribution is -2.15. The van der Waals surface area contributed by atoms with Crippen molar-refractivity contribution in [1.82, 2.24) is 4.98 Å². The fourth-order valence-electron chi connectivity index (χ4n) is 1.54. The first-order valence-electron chi connectivity index (χ1n) is 5.36. The quantitative estimate of drug-likeness (QED) is 0.853. The molecule has 0 aliphatic rings. The van der Waals surface area contributed by atoms with Crippen LogP contribution in [0.15, 0.2) is 36.5 Å². The molecule has 1 heterocycles. The molecule has 0 atom stereocenters. The maximum atomic E-state index is 13.5. The number of nitrogens with one attached hydrogen (secondary N) is 1. The number of halogens is 1. The molecular weight excluding hydrogens is 233 g/mol. The van der Waals surface area contributed by atoms with Gasteiger partial charge in [-0.25, -0.2) is 4.39 Å². The average Bonchev–Trinajstić information content (AvgIpc) is 2.34. The van der Waals surface area contributed by atoms with Crippen molar-refractivity contribution in [2.75, 3.05) is 11.1 Å². The van der Waals surface area contributed by atoms with E-state index in [1.165, 1.54) is 18.3 Å². The number of pyridine rings is 1. The van der Waals surface area contributed by atoms with E-state index in [0.717, 1.165) is 0 Å². The van der Waals surface area contributed by atoms with E-state index in [1.54, 1.807) is 25.1 Å². The summed E-state index contributed by atoms with van der Waals surface area (Å²) in [5, 5.41) is 2.49. The van der Waals surface area contributed by atoms with Crippen molar-refractivity contribution in [1.29, 1.82) is 0 Å². The molecule has 0 saturated carbocycles. The molecule has 0 aliphatic heterocycles. The number of hydrogen-bond acceptors (Lipinski definition) is 3. The second-order valence-corrected chi connectivity index (χ2v) is 3.86. The second-order valence-electron chi connectivity index (χ2n) is 3.86. The van der Waals surface area contributed by atoms with Crippen LogP contribution in [0, 0.1) is 12.7 Å². The summed E-state index contributed by atoms with van der Waals surface area (Å²) in [5.41, 5.74) is 6.94. The summed E-state index contributed by atoms with van der Waals surface area (Å²) >= 11 is 0. The molecule has 2 aromatic rings. The van der Waals surface area contributed by atoms with Crippen molar-refractivity contribution in [2.24, 2.45) is 0 Å². The molecule has 1 aromatic heterocycles. The summed E-state index contributed by atoms with van der Waals surface area (Å²) in [4.78, 5) is 15.8. The Morgan fingerprint density at radius 2 is 2.17 bits per heavy atom. The van der Waals surface area contributed by atoms with Crippen LogP contribution in [0.25, 0.3) is 0 Å². The second kappa shape index (κ2) is 4.83. The fourth-order valence-corrected chi connectivity index (χ4v) is 1.54. The van der Waals surface area contributed by atoms with Crippen molar-refractivity contribution in [2.45, 2.75) is 6.92 Å². The summed E-state index contributed by atoms with van der Waals surface area (Å²) in [5.74, 6) is -0.970. The predicted octanol–water partition coefficient (Wildman–Crippen LogP) is 2.36. The lowest BCUT2D eigenvalue weighted by molar-refractivity contribution is 0.102. The highest BCUT2D eigenvalue weighted by Gasteiger charge is 2.12. The van der Waals surface area contributed by atoms with Crippen LogP contribution in [0.4, 0.5) is 15.8 Å². The number of para-hydroxylation sites is 1. The number of carbonyl (C=O) groups is 1. The van der Waals surface area contributed by atoms with Crippen LogP contribution in [0.2, 0.25) is 0 Å². The monoisotopic (exact) mass is 245 g/mol. The summed E-state index contributed by atoms with van der Waals surface area (Å²) in [6.07, 6.45) is 1.43. The maximum Gasteiger partial charge on any atom is 0.274 e. The van der Waals surface area contributed by atoms with Gasteiger partial charge in [-0.2, -0.15) is 0 Å². The smallest absolute Gasteiger partial charge is 0.274 e. The third-order valence-corrected chi connectivity index (χ3v) is 2.48. The first-order chi connectivity index (χ1) is 8.58. The minimum Gasteiger partial charge on any atom is -0.399 e. The first kappa shape index (κ1) is 12.0. The van der Waals surface area contributed by atoms with Crippen molar-refractivity contribution >= 4 is 17.3 Å². The van der Waals surface area contributed by atoms with Crippen molar-refractivity contribution in [3.05, 3.63) is 53.6 Å². The third-order valence-electron chi connectivity index (χ3n) is 2.48. The Balaban J connectivity index is 2.27. The Morgan fingerprint density at radius 1 is 1.39 bits per heavy atom. The molecular formula is C13H12FN3O. The molecule has 3 N–H and O–H groups in total. The Bertz CT molecular complexity index is 578. The Labute approximate surface area is 104 Å². The minimum absolute atomic E-state index is 0.151. The van der Waals surface area contributed by atoms with E-state index in [1.807, 2.05) is 0 Å². The van der Waals surface area contributed by atoms with E-state index in [9.17, 15) is 9.18 Å². The zero-order valence-corrected chi connectivity index (χ0v) is 9.77. The topological polar surface area (TPSA) is 68.0 Å². The molecule has 92 valence electrons. The van der Waals surface area contributed by atoms with Crippen LogP contribution < -0.4 is 11.1 Å². The van der Waals surface area contributed by atoms with Crippen LogP contribution in [0.3, 0.4) is 0 Å². The molecule has 0 bridgehead atoms. The van der Waals surface area contributed by atoms with Crippen LogP contribution in [0.1, 0.15) is 16.1 Å². The molecule has 1 aromatic carbocycles. The number of benzene rings is 1. The number of nitrogens with zero attached hydrogens (tertiary/aromatic N) is 1. The minimum atomic E-state index is -0.490. The number of aryl methyl sites for hydroxylation is 1. The van der Waals surface area contributed by atoms with Crippen molar-refractivity contribution < 1.29 is 9.18 Å². The van der Waals surface area contributed by atoms with E-state index in [4.69, 9.17) is 5.73 Å². The molecule has 0 saturated heterocycles. The summed E-state index contributed by atoms with van der Waals surface area (Å²) < 4.78 is 13.5. The Hall–Kier alpha value is -2.43. The van der Waals surface area contributed by atoms with Gasteiger partial charge >= 0.3 is 0 Å². The van der Waals surface area contributed by atoms with Gasteiger partial charge in [0.2, 0.25) is 0 Å². The predicted molar refractivity (Wildman–Crippen MR) is 67.7 cm³/mol. The summed E-state index contributed by atoms with van der Waals surface area (Å²) in [6, 6.07) is 7.59. The number of rotatable bonds is 2. The van der Waals surface area contributed by atoms with Crippen molar-refractivity contribution in [3.63, 3.8) is 0 Å². The van der Waals surface area contributed by atoms with Crippen LogP contribution >= 0.6 is 0 Å². The summed E-state index contributed by atoms with van der Waals surface area (Å²) in [6.45, 7) is 1.71. The maximum absolute atomic E-state index is 13.5. The standard InChI is InChI=1S/C13H12FN3O/c1-8-3-2-4-10(14)12(8)17-13(18)11-7-9(15)5-6-16-11/h2-7H,1H3,(H2,15,16)(H,17,18). The van der Waals surface area contributed by atoms with E-state index in [-0.39, 0.29) is 11.4 Å². The van der Waals surface area contributed by atoms with E-state index in [0.29, 0.717) is 11.3 Å². The van der Waals surface area contributed by atoms with Gasteiger partial charge < -0.3 is 11.1 Å². The molecule has 5 heteroatoms. The molecule has 1 amide bonds. The van der Waals surface area contributed by atoms with Crippen LogP contribution in [-0.2, 0) is 0 Å². The van der Waals surface area contributed by atoms with Gasteiger partial charge in [0.25, 0.3) is 5.91 Å². The van der Waals surface area contributed by atoms with Gasteiger partial charge in [0.05, 0.1) is 5.69 Å². The Morgan fingerprint density at radius 3 is 2.83 bits per heavy atom. The molecule has 0 aliphatic carbocycles. The molecule has 18 heavy (non-hydrogen) atoms. The number of anilines is 2. The van der Waals surface area contributed by atoms with Gasteiger partial charge in [-0.3, -0.25) is 9.78 Å². The van der Waals surface area contributed by atoms with Gasteiger partial charge in [0, 0.05) is 11.9 Å². The van der Waals surface area contributed by atoms with Gasteiger partial charge in [-0.1, -0.05) is 12.1 Å². The molecule has 0 unspecified atom stereocenters. The van der Waals surface area contributed by atoms with E-state index < -0.39 is 11.7 Å². The van der Waals surface area contributed by atoms with Gasteiger partial charge in [-0.05, 0) is 30.7 Å². The van der Waals surface area contributed by atoms with Gasteiger partial charge in [-0.15, -0.1) is 0 Å². The Kier molecular flexibility index (Phi) is 3.23. The number of carbonyl (C=O) groups excluding carboxylic acids is 1. The number of nitrogens with two attached hydrogens (primary N) is 1. The largest absolute Gasteiger partial charge is 0.399 e. The van der Waals surface area contributed by atoms with Crippen LogP contribution in [0.5, 0.6) is 0 Å². The lowest BCUT2D eigenvalue weighted by Gasteiger charge is -2.09. The SMILES string of the molecule is Cc1cccc(F)c1NC(=O)c1cc(N)ccn1. The highest BCUT2D eigenvalue weighted by molar-refractivity contribution is 6.03. The fraction of sp³-hybridized carbons (Fsp3) is 0.0769.